The van der Waals surface area contributed by atoms with E-state index >= 15 is 0 Å². The molecule has 0 saturated heterocycles. The summed E-state index contributed by atoms with van der Waals surface area (Å²) >= 11 is 0. The number of hydrogen-bond donors (Lipinski definition) is 0. The third-order valence-electron chi connectivity index (χ3n) is 3.81. The van der Waals surface area contributed by atoms with Gasteiger partial charge in [0.05, 0.1) is 5.39 Å². The summed E-state index contributed by atoms with van der Waals surface area (Å²) in [5, 5.41) is 14.0. The Bertz CT molecular complexity index is 866. The molecule has 0 fully saturated rings. The SMILES string of the molecule is CCCCCn1nc(-c2nnc(CC)o2)c2ccccc2c1=O. The molecule has 3 rings (SSSR count). The van der Waals surface area contributed by atoms with Gasteiger partial charge in [0, 0.05) is 18.4 Å². The van der Waals surface area contributed by atoms with Crippen molar-refractivity contribution in [2.24, 2.45) is 0 Å². The van der Waals surface area contributed by atoms with Gasteiger partial charge in [-0.1, -0.05) is 44.9 Å². The molecular weight excluding hydrogens is 292 g/mol. The quantitative estimate of drug-likeness (QED) is 0.653. The summed E-state index contributed by atoms with van der Waals surface area (Å²) in [5.74, 6) is 0.928. The summed E-state index contributed by atoms with van der Waals surface area (Å²) in [6.45, 7) is 4.68. The lowest BCUT2D eigenvalue weighted by atomic mass is 10.1. The van der Waals surface area contributed by atoms with Crippen LogP contribution in [-0.2, 0) is 13.0 Å². The maximum atomic E-state index is 12.6. The van der Waals surface area contributed by atoms with Crippen molar-refractivity contribution in [2.45, 2.75) is 46.1 Å². The average Bonchev–Trinajstić information content (AvgIpc) is 3.06. The topological polar surface area (TPSA) is 73.8 Å². The van der Waals surface area contributed by atoms with Crippen LogP contribution < -0.4 is 5.56 Å². The summed E-state index contributed by atoms with van der Waals surface area (Å²) in [7, 11) is 0. The second-order valence-electron chi connectivity index (χ2n) is 5.48. The molecule has 0 spiro atoms. The Hall–Kier alpha value is -2.50. The zero-order valence-electron chi connectivity index (χ0n) is 13.5. The lowest BCUT2D eigenvalue weighted by Gasteiger charge is -2.08. The molecule has 0 N–H and O–H groups in total. The van der Waals surface area contributed by atoms with Crippen LogP contribution in [0.1, 0.15) is 39.0 Å². The molecule has 6 heteroatoms. The smallest absolute Gasteiger partial charge is 0.274 e. The number of rotatable bonds is 6. The zero-order chi connectivity index (χ0) is 16.2. The van der Waals surface area contributed by atoms with Gasteiger partial charge in [0.1, 0.15) is 0 Å². The molecule has 6 nitrogen and oxygen atoms in total. The highest BCUT2D eigenvalue weighted by molar-refractivity contribution is 5.91. The van der Waals surface area contributed by atoms with Crippen LogP contribution in [0.2, 0.25) is 0 Å². The van der Waals surface area contributed by atoms with Gasteiger partial charge in [-0.3, -0.25) is 4.79 Å². The molecule has 23 heavy (non-hydrogen) atoms. The van der Waals surface area contributed by atoms with E-state index in [1.165, 1.54) is 4.68 Å². The summed E-state index contributed by atoms with van der Waals surface area (Å²) in [6, 6.07) is 7.42. The van der Waals surface area contributed by atoms with Crippen molar-refractivity contribution in [3.8, 4) is 11.6 Å². The number of nitrogens with zero attached hydrogens (tertiary/aromatic N) is 4. The normalized spacial score (nSPS) is 11.2. The molecule has 0 bridgehead atoms. The highest BCUT2D eigenvalue weighted by Gasteiger charge is 2.16. The Kier molecular flexibility index (Phi) is 4.50. The predicted octanol–water partition coefficient (Wildman–Crippen LogP) is 3.20. The van der Waals surface area contributed by atoms with Crippen LogP contribution in [0, 0.1) is 0 Å². The van der Waals surface area contributed by atoms with E-state index in [4.69, 9.17) is 4.42 Å². The summed E-state index contributed by atoms with van der Waals surface area (Å²) in [6.07, 6.45) is 3.75. The third kappa shape index (κ3) is 3.02. The van der Waals surface area contributed by atoms with Crippen molar-refractivity contribution in [3.05, 3.63) is 40.5 Å². The van der Waals surface area contributed by atoms with Crippen LogP contribution >= 0.6 is 0 Å². The van der Waals surface area contributed by atoms with E-state index in [0.717, 1.165) is 24.6 Å². The lowest BCUT2D eigenvalue weighted by molar-refractivity contribution is 0.501. The van der Waals surface area contributed by atoms with Crippen molar-refractivity contribution in [2.75, 3.05) is 0 Å². The highest BCUT2D eigenvalue weighted by atomic mass is 16.4. The van der Waals surface area contributed by atoms with Crippen LogP contribution in [0.5, 0.6) is 0 Å². The van der Waals surface area contributed by atoms with Crippen molar-refractivity contribution < 1.29 is 4.42 Å². The summed E-state index contributed by atoms with van der Waals surface area (Å²) < 4.78 is 7.16. The number of aryl methyl sites for hydroxylation is 2. The highest BCUT2D eigenvalue weighted by Crippen LogP contribution is 2.23. The van der Waals surface area contributed by atoms with Crippen LogP contribution in [0.4, 0.5) is 0 Å². The van der Waals surface area contributed by atoms with Gasteiger partial charge in [-0.05, 0) is 12.5 Å². The van der Waals surface area contributed by atoms with Crippen molar-refractivity contribution in [1.82, 2.24) is 20.0 Å². The van der Waals surface area contributed by atoms with Gasteiger partial charge in [-0.2, -0.15) is 5.10 Å². The molecule has 0 aliphatic heterocycles. The van der Waals surface area contributed by atoms with Gasteiger partial charge in [0.2, 0.25) is 5.89 Å². The largest absolute Gasteiger partial charge is 0.419 e. The van der Waals surface area contributed by atoms with Crippen LogP contribution in [0.15, 0.2) is 33.5 Å². The number of aromatic nitrogens is 4. The number of benzene rings is 1. The van der Waals surface area contributed by atoms with Gasteiger partial charge < -0.3 is 4.42 Å². The van der Waals surface area contributed by atoms with E-state index in [1.807, 2.05) is 31.2 Å². The second-order valence-corrected chi connectivity index (χ2v) is 5.48. The van der Waals surface area contributed by atoms with Crippen LogP contribution in [-0.4, -0.2) is 20.0 Å². The average molecular weight is 312 g/mol. The zero-order valence-corrected chi connectivity index (χ0v) is 13.5. The third-order valence-corrected chi connectivity index (χ3v) is 3.81. The first kappa shape index (κ1) is 15.4. The number of unbranched alkanes of at least 4 members (excludes halogenated alkanes) is 2. The molecule has 3 aromatic rings. The predicted molar refractivity (Wildman–Crippen MR) is 88.2 cm³/mol. The van der Waals surface area contributed by atoms with Gasteiger partial charge in [0.25, 0.3) is 11.4 Å². The van der Waals surface area contributed by atoms with Crippen molar-refractivity contribution >= 4 is 10.8 Å². The maximum absolute atomic E-state index is 12.6. The second kappa shape index (κ2) is 6.73. The first-order valence-electron chi connectivity index (χ1n) is 8.07. The molecule has 2 aromatic heterocycles. The van der Waals surface area contributed by atoms with Crippen molar-refractivity contribution in [1.29, 1.82) is 0 Å². The molecule has 0 atom stereocenters. The minimum atomic E-state index is -0.0734. The Balaban J connectivity index is 2.15. The molecule has 0 amide bonds. The first-order valence-corrected chi connectivity index (χ1v) is 8.07. The molecule has 2 heterocycles. The van der Waals surface area contributed by atoms with Gasteiger partial charge >= 0.3 is 0 Å². The number of hydrogen-bond acceptors (Lipinski definition) is 5. The fourth-order valence-corrected chi connectivity index (χ4v) is 2.55. The molecule has 0 unspecified atom stereocenters. The van der Waals surface area contributed by atoms with E-state index < -0.39 is 0 Å². The molecule has 1 aromatic carbocycles. The minimum Gasteiger partial charge on any atom is -0.419 e. The summed E-state index contributed by atoms with van der Waals surface area (Å²) in [4.78, 5) is 12.6. The number of fused-ring (bicyclic) bond motifs is 1. The van der Waals surface area contributed by atoms with E-state index in [0.29, 0.717) is 35.8 Å². The Morgan fingerprint density at radius 2 is 1.87 bits per heavy atom. The van der Waals surface area contributed by atoms with Gasteiger partial charge in [-0.15, -0.1) is 10.2 Å². The Morgan fingerprint density at radius 3 is 2.57 bits per heavy atom. The monoisotopic (exact) mass is 312 g/mol. The molecular formula is C17H20N4O2. The minimum absolute atomic E-state index is 0.0734. The van der Waals surface area contributed by atoms with Gasteiger partial charge in [-0.25, -0.2) is 4.68 Å². The van der Waals surface area contributed by atoms with E-state index in [-0.39, 0.29) is 5.56 Å². The van der Waals surface area contributed by atoms with Gasteiger partial charge in [0.15, 0.2) is 5.69 Å². The summed E-state index contributed by atoms with van der Waals surface area (Å²) in [5.41, 5.74) is 0.500. The van der Waals surface area contributed by atoms with Crippen LogP contribution in [0.3, 0.4) is 0 Å². The van der Waals surface area contributed by atoms with Crippen molar-refractivity contribution in [3.63, 3.8) is 0 Å². The van der Waals surface area contributed by atoms with E-state index in [1.54, 1.807) is 0 Å². The molecule has 120 valence electrons. The Morgan fingerprint density at radius 1 is 1.09 bits per heavy atom. The fraction of sp³-hybridized carbons (Fsp3) is 0.412. The van der Waals surface area contributed by atoms with E-state index in [2.05, 4.69) is 22.2 Å². The fourth-order valence-electron chi connectivity index (χ4n) is 2.55. The first-order chi connectivity index (χ1) is 11.2. The molecule has 0 aliphatic rings. The molecule has 0 radical (unpaired) electrons. The van der Waals surface area contributed by atoms with E-state index in [9.17, 15) is 4.79 Å². The Labute approximate surface area is 134 Å². The lowest BCUT2D eigenvalue weighted by Crippen LogP contribution is -2.24. The van der Waals surface area contributed by atoms with Crippen LogP contribution in [0.25, 0.3) is 22.4 Å². The molecule has 0 saturated carbocycles. The standard InChI is InChI=1S/C17H20N4O2/c1-3-5-8-11-21-17(22)13-10-7-6-9-12(13)15(20-21)16-19-18-14(4-2)23-16/h6-7,9-10H,3-5,8,11H2,1-2H3. The maximum Gasteiger partial charge on any atom is 0.274 e. The molecule has 0 aliphatic carbocycles.